The Morgan fingerprint density at radius 2 is 1.80 bits per heavy atom. The standard InChI is InChI=1S/C13H14F3NO3/c1-7(3-2-4-11(18)19)17-13(20)8-5-9(14)12(16)10(15)6-8/h5-7H,2-4H2,1H3,(H,17,20)(H,18,19). The molecule has 20 heavy (non-hydrogen) atoms. The van der Waals surface area contributed by atoms with Crippen molar-refractivity contribution in [3.63, 3.8) is 0 Å². The molecule has 7 heteroatoms. The number of hydrogen-bond donors (Lipinski definition) is 2. The first-order valence-corrected chi connectivity index (χ1v) is 5.98. The molecule has 1 amide bonds. The molecule has 0 saturated carbocycles. The van der Waals surface area contributed by atoms with Crippen molar-refractivity contribution in [2.24, 2.45) is 0 Å². The van der Waals surface area contributed by atoms with Gasteiger partial charge < -0.3 is 10.4 Å². The number of carboxylic acids is 1. The highest BCUT2D eigenvalue weighted by Crippen LogP contribution is 2.14. The number of carbonyl (C=O) groups excluding carboxylic acids is 1. The van der Waals surface area contributed by atoms with Crippen LogP contribution < -0.4 is 5.32 Å². The number of carbonyl (C=O) groups is 2. The maximum absolute atomic E-state index is 13.0. The molecule has 0 spiro atoms. The van der Waals surface area contributed by atoms with Crippen molar-refractivity contribution in [2.45, 2.75) is 32.2 Å². The topological polar surface area (TPSA) is 66.4 Å². The van der Waals surface area contributed by atoms with Crippen LogP contribution >= 0.6 is 0 Å². The SMILES string of the molecule is CC(CCCC(=O)O)NC(=O)c1cc(F)c(F)c(F)c1. The molecule has 0 aliphatic rings. The lowest BCUT2D eigenvalue weighted by Crippen LogP contribution is -2.32. The van der Waals surface area contributed by atoms with Crippen molar-refractivity contribution in [1.82, 2.24) is 5.32 Å². The van der Waals surface area contributed by atoms with E-state index in [1.807, 2.05) is 0 Å². The summed E-state index contributed by atoms with van der Waals surface area (Å²) in [5.74, 6) is -6.18. The third kappa shape index (κ3) is 4.56. The van der Waals surface area contributed by atoms with Gasteiger partial charge in [-0.25, -0.2) is 13.2 Å². The summed E-state index contributed by atoms with van der Waals surface area (Å²) in [5, 5.41) is 10.9. The number of halogens is 3. The van der Waals surface area contributed by atoms with Gasteiger partial charge in [-0.2, -0.15) is 0 Å². The molecule has 1 unspecified atom stereocenters. The Hall–Kier alpha value is -2.05. The summed E-state index contributed by atoms with van der Waals surface area (Å²) in [4.78, 5) is 22.0. The van der Waals surface area contributed by atoms with Crippen molar-refractivity contribution < 1.29 is 27.9 Å². The van der Waals surface area contributed by atoms with Gasteiger partial charge in [-0.1, -0.05) is 0 Å². The second-order valence-corrected chi connectivity index (χ2v) is 4.41. The smallest absolute Gasteiger partial charge is 0.303 e. The number of nitrogens with one attached hydrogen (secondary N) is 1. The first-order chi connectivity index (χ1) is 9.31. The van der Waals surface area contributed by atoms with Crippen molar-refractivity contribution in [3.05, 3.63) is 35.1 Å². The molecule has 1 aromatic carbocycles. The van der Waals surface area contributed by atoms with Crippen LogP contribution in [-0.2, 0) is 4.79 Å². The van der Waals surface area contributed by atoms with Crippen LogP contribution in [-0.4, -0.2) is 23.0 Å². The third-order valence-electron chi connectivity index (χ3n) is 2.65. The molecule has 1 aromatic rings. The van der Waals surface area contributed by atoms with Gasteiger partial charge in [-0.05, 0) is 31.9 Å². The molecule has 0 aromatic heterocycles. The van der Waals surface area contributed by atoms with Crippen molar-refractivity contribution >= 4 is 11.9 Å². The minimum Gasteiger partial charge on any atom is -0.481 e. The highest BCUT2D eigenvalue weighted by molar-refractivity contribution is 5.94. The van der Waals surface area contributed by atoms with E-state index < -0.39 is 29.3 Å². The van der Waals surface area contributed by atoms with Crippen LogP contribution in [0.5, 0.6) is 0 Å². The highest BCUT2D eigenvalue weighted by atomic mass is 19.2. The molecule has 2 N–H and O–H groups in total. The van der Waals surface area contributed by atoms with Gasteiger partial charge in [0.1, 0.15) is 0 Å². The minimum atomic E-state index is -1.63. The fourth-order valence-corrected chi connectivity index (χ4v) is 1.63. The molecule has 4 nitrogen and oxygen atoms in total. The molecule has 1 rings (SSSR count). The van der Waals surface area contributed by atoms with Gasteiger partial charge in [0.25, 0.3) is 5.91 Å². The Labute approximate surface area is 113 Å². The third-order valence-corrected chi connectivity index (χ3v) is 2.65. The Morgan fingerprint density at radius 1 is 1.25 bits per heavy atom. The normalized spacial score (nSPS) is 12.0. The first kappa shape index (κ1) is 16.0. The Morgan fingerprint density at radius 3 is 2.30 bits per heavy atom. The minimum absolute atomic E-state index is 0.0278. The van der Waals surface area contributed by atoms with Crippen LogP contribution in [0.1, 0.15) is 36.5 Å². The lowest BCUT2D eigenvalue weighted by Gasteiger charge is -2.13. The molecule has 0 bridgehead atoms. The van der Waals surface area contributed by atoms with E-state index in [4.69, 9.17) is 5.11 Å². The summed E-state index contributed by atoms with van der Waals surface area (Å²) < 4.78 is 38.7. The van der Waals surface area contributed by atoms with Crippen molar-refractivity contribution in [1.29, 1.82) is 0 Å². The molecule has 0 heterocycles. The molecule has 0 saturated heterocycles. The van der Waals surface area contributed by atoms with Gasteiger partial charge in [-0.3, -0.25) is 9.59 Å². The first-order valence-electron chi connectivity index (χ1n) is 5.98. The molecule has 0 fully saturated rings. The summed E-state index contributed by atoms with van der Waals surface area (Å²) in [6.07, 6.45) is 0.743. The van der Waals surface area contributed by atoms with Crippen LogP contribution in [0, 0.1) is 17.5 Å². The monoisotopic (exact) mass is 289 g/mol. The van der Waals surface area contributed by atoms with E-state index >= 15 is 0 Å². The van der Waals surface area contributed by atoms with E-state index in [0.717, 1.165) is 0 Å². The summed E-state index contributed by atoms with van der Waals surface area (Å²) in [6.45, 7) is 1.63. The van der Waals surface area contributed by atoms with E-state index in [9.17, 15) is 22.8 Å². The molecule has 1 atom stereocenters. The predicted molar refractivity (Wildman–Crippen MR) is 64.7 cm³/mol. The Bertz CT molecular complexity index is 497. The van der Waals surface area contributed by atoms with Gasteiger partial charge in [0.2, 0.25) is 0 Å². The molecule has 0 aliphatic heterocycles. The maximum Gasteiger partial charge on any atom is 0.303 e. The van der Waals surface area contributed by atoms with E-state index in [-0.39, 0.29) is 18.0 Å². The van der Waals surface area contributed by atoms with E-state index in [1.165, 1.54) is 0 Å². The molecular weight excluding hydrogens is 275 g/mol. The Kier molecular flexibility index (Phi) is 5.54. The quantitative estimate of drug-likeness (QED) is 0.791. The van der Waals surface area contributed by atoms with Crippen molar-refractivity contribution in [2.75, 3.05) is 0 Å². The van der Waals surface area contributed by atoms with Gasteiger partial charge in [0.05, 0.1) is 0 Å². The van der Waals surface area contributed by atoms with Gasteiger partial charge in [0.15, 0.2) is 17.5 Å². The number of aliphatic carboxylic acids is 1. The molecule has 0 aliphatic carbocycles. The average Bonchev–Trinajstić information content (AvgIpc) is 2.34. The van der Waals surface area contributed by atoms with E-state index in [0.29, 0.717) is 25.0 Å². The second-order valence-electron chi connectivity index (χ2n) is 4.41. The highest BCUT2D eigenvalue weighted by Gasteiger charge is 2.16. The van der Waals surface area contributed by atoms with Crippen LogP contribution in [0.3, 0.4) is 0 Å². The number of rotatable bonds is 6. The predicted octanol–water partition coefficient (Wildman–Crippen LogP) is 2.48. The van der Waals surface area contributed by atoms with E-state index in [1.54, 1.807) is 6.92 Å². The zero-order valence-corrected chi connectivity index (χ0v) is 10.8. The maximum atomic E-state index is 13.0. The summed E-state index contributed by atoms with van der Waals surface area (Å²) in [5.41, 5.74) is -0.327. The molecule has 110 valence electrons. The largest absolute Gasteiger partial charge is 0.481 e. The van der Waals surface area contributed by atoms with Crippen LogP contribution in [0.15, 0.2) is 12.1 Å². The zero-order valence-electron chi connectivity index (χ0n) is 10.8. The number of benzene rings is 1. The average molecular weight is 289 g/mol. The summed E-state index contributed by atoms with van der Waals surface area (Å²) in [7, 11) is 0. The Balaban J connectivity index is 2.60. The summed E-state index contributed by atoms with van der Waals surface area (Å²) in [6, 6.07) is 0.855. The number of amides is 1. The van der Waals surface area contributed by atoms with Gasteiger partial charge in [-0.15, -0.1) is 0 Å². The van der Waals surface area contributed by atoms with E-state index in [2.05, 4.69) is 5.32 Å². The van der Waals surface area contributed by atoms with Gasteiger partial charge in [0, 0.05) is 18.0 Å². The zero-order chi connectivity index (χ0) is 15.3. The second kappa shape index (κ2) is 6.93. The fraction of sp³-hybridized carbons (Fsp3) is 0.385. The lowest BCUT2D eigenvalue weighted by atomic mass is 10.1. The van der Waals surface area contributed by atoms with Gasteiger partial charge >= 0.3 is 5.97 Å². The number of carboxylic acid groups (broad SMARTS) is 1. The van der Waals surface area contributed by atoms with Crippen LogP contribution in [0.4, 0.5) is 13.2 Å². The van der Waals surface area contributed by atoms with Crippen molar-refractivity contribution in [3.8, 4) is 0 Å². The lowest BCUT2D eigenvalue weighted by molar-refractivity contribution is -0.137. The molecular formula is C13H14F3NO3. The molecule has 0 radical (unpaired) electrons. The summed E-state index contributed by atoms with van der Waals surface area (Å²) >= 11 is 0. The van der Waals surface area contributed by atoms with Crippen LogP contribution in [0.25, 0.3) is 0 Å². The van der Waals surface area contributed by atoms with Crippen LogP contribution in [0.2, 0.25) is 0 Å². The number of hydrogen-bond acceptors (Lipinski definition) is 2. The fourth-order valence-electron chi connectivity index (χ4n) is 1.63.